The molecule has 1 aromatic rings. The lowest BCUT2D eigenvalue weighted by Gasteiger charge is -2.44. The second kappa shape index (κ2) is 5.48. The Balaban J connectivity index is 1.57. The van der Waals surface area contributed by atoms with Crippen molar-refractivity contribution in [2.45, 2.75) is 31.8 Å². The molecule has 3 atom stereocenters. The first-order chi connectivity index (χ1) is 10.1. The van der Waals surface area contributed by atoms with Gasteiger partial charge in [-0.3, -0.25) is 19.5 Å². The van der Waals surface area contributed by atoms with Crippen LogP contribution in [0.2, 0.25) is 0 Å². The van der Waals surface area contributed by atoms with Gasteiger partial charge in [0.2, 0.25) is 5.91 Å². The molecule has 1 amide bonds. The van der Waals surface area contributed by atoms with Crippen molar-refractivity contribution in [3.63, 3.8) is 0 Å². The summed E-state index contributed by atoms with van der Waals surface area (Å²) in [6, 6.07) is 2.63. The van der Waals surface area contributed by atoms with Crippen molar-refractivity contribution in [2.75, 3.05) is 13.2 Å². The number of hydrogen-bond acceptors (Lipinski definition) is 4. The molecule has 2 fully saturated rings. The smallest absolute Gasteiger partial charge is 0.265 e. The highest BCUT2D eigenvalue weighted by atomic mass is 16.3. The third-order valence-corrected chi connectivity index (χ3v) is 4.60. The second-order valence-corrected chi connectivity index (χ2v) is 5.94. The molecule has 1 aliphatic carbocycles. The van der Waals surface area contributed by atoms with Crippen LogP contribution in [-0.2, 0) is 11.3 Å². The predicted molar refractivity (Wildman–Crippen MR) is 74.7 cm³/mol. The van der Waals surface area contributed by atoms with E-state index < -0.39 is 0 Å². The van der Waals surface area contributed by atoms with Gasteiger partial charge in [0.15, 0.2) is 0 Å². The quantitative estimate of drug-likeness (QED) is 0.756. The van der Waals surface area contributed by atoms with E-state index in [9.17, 15) is 19.5 Å². The lowest BCUT2D eigenvalue weighted by Crippen LogP contribution is -2.56. The van der Waals surface area contributed by atoms with E-state index in [2.05, 4.69) is 5.10 Å². The Morgan fingerprint density at radius 1 is 1.33 bits per heavy atom. The van der Waals surface area contributed by atoms with E-state index in [0.29, 0.717) is 11.8 Å². The molecule has 7 nitrogen and oxygen atoms in total. The maximum absolute atomic E-state index is 12.2. The molecular weight excluding hydrogens is 274 g/mol. The summed E-state index contributed by atoms with van der Waals surface area (Å²) in [5.41, 5.74) is -0.669. The van der Waals surface area contributed by atoms with Crippen molar-refractivity contribution in [2.24, 2.45) is 11.8 Å². The minimum Gasteiger partial charge on any atom is -0.396 e. The molecule has 0 aromatic carbocycles. The summed E-state index contributed by atoms with van der Waals surface area (Å²) in [5.74, 6) is 0.836. The zero-order valence-electron chi connectivity index (χ0n) is 11.7. The highest BCUT2D eigenvalue weighted by molar-refractivity contribution is 5.77. The van der Waals surface area contributed by atoms with E-state index in [1.54, 1.807) is 0 Å². The number of aromatic amines is 1. The Kier molecular flexibility index (Phi) is 3.67. The molecule has 1 saturated heterocycles. The van der Waals surface area contributed by atoms with Gasteiger partial charge in [0.1, 0.15) is 0 Å². The van der Waals surface area contributed by atoms with Crippen LogP contribution in [-0.4, -0.2) is 44.9 Å². The second-order valence-electron chi connectivity index (χ2n) is 5.94. The molecule has 0 spiro atoms. The predicted octanol–water partition coefficient (Wildman–Crippen LogP) is -0.844. The Hall–Kier alpha value is -1.89. The summed E-state index contributed by atoms with van der Waals surface area (Å²) in [5, 5.41) is 11.6. The highest BCUT2D eigenvalue weighted by Crippen LogP contribution is 2.42. The van der Waals surface area contributed by atoms with E-state index in [-0.39, 0.29) is 42.6 Å². The van der Waals surface area contributed by atoms with Gasteiger partial charge in [-0.25, -0.2) is 4.68 Å². The van der Waals surface area contributed by atoms with Crippen molar-refractivity contribution in [1.29, 1.82) is 0 Å². The van der Waals surface area contributed by atoms with Gasteiger partial charge >= 0.3 is 0 Å². The number of aromatic nitrogens is 2. The third-order valence-electron chi connectivity index (χ3n) is 4.60. The monoisotopic (exact) mass is 293 g/mol. The maximum Gasteiger partial charge on any atom is 0.265 e. The summed E-state index contributed by atoms with van der Waals surface area (Å²) >= 11 is 0. The number of nitrogens with zero attached hydrogens (tertiary/aromatic N) is 2. The number of H-pyrrole nitrogens is 1. The van der Waals surface area contributed by atoms with Crippen molar-refractivity contribution >= 4 is 5.91 Å². The zero-order chi connectivity index (χ0) is 15.0. The molecule has 0 bridgehead atoms. The van der Waals surface area contributed by atoms with Crippen molar-refractivity contribution in [1.82, 2.24) is 14.7 Å². The summed E-state index contributed by atoms with van der Waals surface area (Å²) in [6.45, 7) is 1.13. The molecule has 2 N–H and O–H groups in total. The lowest BCUT2D eigenvalue weighted by molar-refractivity contribution is -0.142. The van der Waals surface area contributed by atoms with Crippen LogP contribution in [0.15, 0.2) is 21.7 Å². The number of hydrogen-bond donors (Lipinski definition) is 2. The molecule has 0 radical (unpaired) electrons. The van der Waals surface area contributed by atoms with E-state index in [1.165, 1.54) is 16.8 Å². The number of fused-ring (bicyclic) bond motifs is 1. The zero-order valence-corrected chi connectivity index (χ0v) is 11.7. The summed E-state index contributed by atoms with van der Waals surface area (Å²) in [6.07, 6.45) is 2.07. The van der Waals surface area contributed by atoms with Crippen LogP contribution in [0.1, 0.15) is 19.3 Å². The number of rotatable bonds is 4. The van der Waals surface area contributed by atoms with Crippen LogP contribution < -0.4 is 11.1 Å². The molecule has 3 rings (SSSR count). The van der Waals surface area contributed by atoms with Crippen molar-refractivity contribution in [3.8, 4) is 0 Å². The average molecular weight is 293 g/mol. The van der Waals surface area contributed by atoms with Gasteiger partial charge in [-0.1, -0.05) is 0 Å². The first kappa shape index (κ1) is 14.1. The number of likely N-dealkylation sites (tertiary alicyclic amines) is 1. The fourth-order valence-corrected chi connectivity index (χ4v) is 3.46. The van der Waals surface area contributed by atoms with E-state index in [1.807, 2.05) is 4.90 Å². The Morgan fingerprint density at radius 3 is 2.90 bits per heavy atom. The minimum absolute atomic E-state index is 0.00596. The van der Waals surface area contributed by atoms with Gasteiger partial charge in [0.25, 0.3) is 11.1 Å². The van der Waals surface area contributed by atoms with E-state index >= 15 is 0 Å². The topological polar surface area (TPSA) is 95.4 Å². The van der Waals surface area contributed by atoms with Crippen molar-refractivity contribution < 1.29 is 9.90 Å². The normalized spacial score (nSPS) is 27.3. The molecule has 0 unspecified atom stereocenters. The molecule has 1 aromatic heterocycles. The number of aliphatic hydroxyl groups excluding tert-OH is 1. The summed E-state index contributed by atoms with van der Waals surface area (Å²) < 4.78 is 1.17. The van der Waals surface area contributed by atoms with Gasteiger partial charge in [-0.05, 0) is 24.7 Å². The van der Waals surface area contributed by atoms with Gasteiger partial charge < -0.3 is 10.0 Å². The molecular formula is C14H19N3O4. The molecule has 1 saturated carbocycles. The number of carbonyl (C=O) groups excluding carboxylic acids is 1. The largest absolute Gasteiger partial charge is 0.396 e. The minimum atomic E-state index is -0.354. The van der Waals surface area contributed by atoms with Crippen LogP contribution >= 0.6 is 0 Å². The van der Waals surface area contributed by atoms with Crippen LogP contribution in [0.5, 0.6) is 0 Å². The maximum atomic E-state index is 12.2. The van der Waals surface area contributed by atoms with E-state index in [4.69, 9.17) is 0 Å². The molecule has 2 aliphatic rings. The number of amides is 1. The molecule has 7 heteroatoms. The van der Waals surface area contributed by atoms with Gasteiger partial charge in [-0.15, -0.1) is 0 Å². The molecule has 21 heavy (non-hydrogen) atoms. The fraction of sp³-hybridized carbons (Fsp3) is 0.643. The number of nitrogens with one attached hydrogen (secondary N) is 1. The van der Waals surface area contributed by atoms with Crippen LogP contribution in [0, 0.1) is 11.8 Å². The number of carbonyl (C=O) groups is 1. The Bertz CT molecular complexity index is 650. The first-order valence-electron chi connectivity index (χ1n) is 7.29. The number of aliphatic hydroxyl groups is 1. The van der Waals surface area contributed by atoms with Gasteiger partial charge in [0.05, 0.1) is 6.54 Å². The number of aryl methyl sites for hydroxylation is 1. The van der Waals surface area contributed by atoms with E-state index in [0.717, 1.165) is 19.4 Å². The van der Waals surface area contributed by atoms with Gasteiger partial charge in [-0.2, -0.15) is 0 Å². The molecule has 2 heterocycles. The van der Waals surface area contributed by atoms with Crippen LogP contribution in [0.4, 0.5) is 0 Å². The molecule has 1 aliphatic heterocycles. The fourth-order valence-electron chi connectivity index (χ4n) is 3.46. The third kappa shape index (κ3) is 2.65. The SMILES string of the molecule is O=C(CCn1[nH]c(=O)ccc1=O)N1C[C@@H]2C[C@@H](CO)C[C@@H]21. The van der Waals surface area contributed by atoms with Gasteiger partial charge in [0, 0.05) is 37.7 Å². The summed E-state index contributed by atoms with van der Waals surface area (Å²) in [7, 11) is 0. The van der Waals surface area contributed by atoms with Crippen molar-refractivity contribution in [3.05, 3.63) is 32.8 Å². The van der Waals surface area contributed by atoms with Crippen LogP contribution in [0.3, 0.4) is 0 Å². The first-order valence-corrected chi connectivity index (χ1v) is 7.29. The van der Waals surface area contributed by atoms with Crippen LogP contribution in [0.25, 0.3) is 0 Å². The molecule has 114 valence electrons. The standard InChI is InChI=1S/C14H19N3O4/c18-8-9-5-10-7-16(11(10)6-9)13(20)3-4-17-14(21)2-1-12(19)15-17/h1-2,9-11,18H,3-8H2,(H,15,19)/t9-,10+,11+/m1/s1. The lowest BCUT2D eigenvalue weighted by atomic mass is 9.91. The Labute approximate surface area is 121 Å². The highest BCUT2D eigenvalue weighted by Gasteiger charge is 2.47. The Morgan fingerprint density at radius 2 is 2.14 bits per heavy atom. The summed E-state index contributed by atoms with van der Waals surface area (Å²) in [4.78, 5) is 36.7. The average Bonchev–Trinajstić information content (AvgIpc) is 2.77.